The van der Waals surface area contributed by atoms with Crippen LogP contribution in [-0.4, -0.2) is 17.9 Å². The van der Waals surface area contributed by atoms with E-state index in [0.29, 0.717) is 11.3 Å². The Hall–Kier alpha value is -2.35. The second-order valence-corrected chi connectivity index (χ2v) is 4.21. The number of anilines is 1. The predicted octanol–water partition coefficient (Wildman–Crippen LogP) is 2.07. The molecule has 0 aliphatic heterocycles. The second-order valence-electron chi connectivity index (χ2n) is 4.21. The van der Waals surface area contributed by atoms with E-state index in [1.807, 2.05) is 13.8 Å². The van der Waals surface area contributed by atoms with Gasteiger partial charge in [-0.1, -0.05) is 19.1 Å². The lowest BCUT2D eigenvalue weighted by atomic mass is 10.1. The first kappa shape index (κ1) is 14.7. The third kappa shape index (κ3) is 4.43. The van der Waals surface area contributed by atoms with Crippen LogP contribution in [0, 0.1) is 11.3 Å². The van der Waals surface area contributed by atoms with Crippen LogP contribution in [0.3, 0.4) is 0 Å². The SMILES string of the molecule is CCC(C)NC(=O)c1ccccc1NC(=O)CC#N. The first-order chi connectivity index (χ1) is 9.08. The van der Waals surface area contributed by atoms with Crippen LogP contribution in [0.2, 0.25) is 0 Å². The summed E-state index contributed by atoms with van der Waals surface area (Å²) >= 11 is 0. The van der Waals surface area contributed by atoms with Gasteiger partial charge in [-0.05, 0) is 25.5 Å². The van der Waals surface area contributed by atoms with Crippen LogP contribution in [0.15, 0.2) is 24.3 Å². The molecule has 1 unspecified atom stereocenters. The van der Waals surface area contributed by atoms with Gasteiger partial charge in [0, 0.05) is 6.04 Å². The van der Waals surface area contributed by atoms with Crippen LogP contribution in [0.1, 0.15) is 37.0 Å². The Morgan fingerprint density at radius 1 is 1.37 bits per heavy atom. The zero-order chi connectivity index (χ0) is 14.3. The number of carbonyl (C=O) groups excluding carboxylic acids is 2. The lowest BCUT2D eigenvalue weighted by molar-refractivity contribution is -0.115. The molecule has 100 valence electrons. The van der Waals surface area contributed by atoms with Gasteiger partial charge in [-0.15, -0.1) is 0 Å². The summed E-state index contributed by atoms with van der Waals surface area (Å²) in [7, 11) is 0. The van der Waals surface area contributed by atoms with Crippen molar-refractivity contribution < 1.29 is 9.59 Å². The Labute approximate surface area is 112 Å². The van der Waals surface area contributed by atoms with E-state index in [1.54, 1.807) is 30.3 Å². The molecule has 19 heavy (non-hydrogen) atoms. The summed E-state index contributed by atoms with van der Waals surface area (Å²) in [6.45, 7) is 3.89. The van der Waals surface area contributed by atoms with Crippen LogP contribution >= 0.6 is 0 Å². The van der Waals surface area contributed by atoms with Crippen molar-refractivity contribution in [1.82, 2.24) is 5.32 Å². The summed E-state index contributed by atoms with van der Waals surface area (Å²) in [6, 6.07) is 8.56. The summed E-state index contributed by atoms with van der Waals surface area (Å²) in [6.07, 6.45) is 0.593. The smallest absolute Gasteiger partial charge is 0.253 e. The third-order valence-electron chi connectivity index (χ3n) is 2.68. The van der Waals surface area contributed by atoms with Gasteiger partial charge in [-0.25, -0.2) is 0 Å². The highest BCUT2D eigenvalue weighted by molar-refractivity contribution is 6.04. The van der Waals surface area contributed by atoms with Crippen molar-refractivity contribution in [3.63, 3.8) is 0 Å². The molecule has 0 aliphatic carbocycles. The molecule has 5 nitrogen and oxygen atoms in total. The molecule has 0 bridgehead atoms. The van der Waals surface area contributed by atoms with Crippen molar-refractivity contribution in [3.8, 4) is 6.07 Å². The van der Waals surface area contributed by atoms with Crippen molar-refractivity contribution in [3.05, 3.63) is 29.8 Å². The van der Waals surface area contributed by atoms with Crippen LogP contribution < -0.4 is 10.6 Å². The zero-order valence-corrected chi connectivity index (χ0v) is 11.1. The molecule has 2 N–H and O–H groups in total. The molecular formula is C14H17N3O2. The van der Waals surface area contributed by atoms with Crippen molar-refractivity contribution in [2.24, 2.45) is 0 Å². The number of carbonyl (C=O) groups is 2. The summed E-state index contributed by atoms with van der Waals surface area (Å²) < 4.78 is 0. The number of hydrogen-bond acceptors (Lipinski definition) is 3. The Bertz CT molecular complexity index is 506. The van der Waals surface area contributed by atoms with E-state index in [-0.39, 0.29) is 18.4 Å². The lowest BCUT2D eigenvalue weighted by Gasteiger charge is -2.14. The van der Waals surface area contributed by atoms with Gasteiger partial charge in [-0.2, -0.15) is 5.26 Å². The Morgan fingerprint density at radius 3 is 2.68 bits per heavy atom. The van der Waals surface area contributed by atoms with Crippen molar-refractivity contribution in [2.75, 3.05) is 5.32 Å². The van der Waals surface area contributed by atoms with Crippen molar-refractivity contribution >= 4 is 17.5 Å². The third-order valence-corrected chi connectivity index (χ3v) is 2.68. The molecule has 0 fully saturated rings. The summed E-state index contributed by atoms with van der Waals surface area (Å²) in [4.78, 5) is 23.4. The van der Waals surface area contributed by atoms with Gasteiger partial charge in [0.1, 0.15) is 6.42 Å². The number of nitrogens with zero attached hydrogens (tertiary/aromatic N) is 1. The molecule has 5 heteroatoms. The molecule has 2 amide bonds. The molecular weight excluding hydrogens is 242 g/mol. The number of hydrogen-bond donors (Lipinski definition) is 2. The Morgan fingerprint density at radius 2 is 2.05 bits per heavy atom. The number of benzene rings is 1. The van der Waals surface area contributed by atoms with Crippen LogP contribution in [-0.2, 0) is 4.79 Å². The van der Waals surface area contributed by atoms with Gasteiger partial charge in [0.2, 0.25) is 5.91 Å². The van der Waals surface area contributed by atoms with E-state index in [0.717, 1.165) is 6.42 Å². The molecule has 0 spiro atoms. The molecule has 1 atom stereocenters. The standard InChI is InChI=1S/C14H17N3O2/c1-3-10(2)16-14(19)11-6-4-5-7-12(11)17-13(18)8-9-15/h4-7,10H,3,8H2,1-2H3,(H,16,19)(H,17,18). The Kier molecular flexibility index (Phi) is 5.55. The van der Waals surface area contributed by atoms with Gasteiger partial charge < -0.3 is 10.6 Å². The van der Waals surface area contributed by atoms with Gasteiger partial charge in [0.05, 0.1) is 17.3 Å². The number of nitrogens with one attached hydrogen (secondary N) is 2. The molecule has 0 aromatic heterocycles. The maximum atomic E-state index is 12.0. The molecule has 0 saturated carbocycles. The molecule has 0 radical (unpaired) electrons. The van der Waals surface area contributed by atoms with Gasteiger partial charge in [-0.3, -0.25) is 9.59 Å². The van der Waals surface area contributed by atoms with Crippen LogP contribution in [0.4, 0.5) is 5.69 Å². The fourth-order valence-electron chi connectivity index (χ4n) is 1.46. The minimum atomic E-state index is -0.425. The highest BCUT2D eigenvalue weighted by Gasteiger charge is 2.14. The monoisotopic (exact) mass is 259 g/mol. The topological polar surface area (TPSA) is 82.0 Å². The number of nitriles is 1. The minimum Gasteiger partial charge on any atom is -0.350 e. The molecule has 0 heterocycles. The summed E-state index contributed by atoms with van der Waals surface area (Å²) in [5, 5.41) is 13.9. The van der Waals surface area contributed by atoms with E-state index >= 15 is 0 Å². The maximum absolute atomic E-state index is 12.0. The number of para-hydroxylation sites is 1. The lowest BCUT2D eigenvalue weighted by Crippen LogP contribution is -2.32. The van der Waals surface area contributed by atoms with Crippen molar-refractivity contribution in [2.45, 2.75) is 32.7 Å². The van der Waals surface area contributed by atoms with Gasteiger partial charge in [0.25, 0.3) is 5.91 Å². The highest BCUT2D eigenvalue weighted by Crippen LogP contribution is 2.15. The average Bonchev–Trinajstić information content (AvgIpc) is 2.39. The Balaban J connectivity index is 2.87. The minimum absolute atomic E-state index is 0.0652. The second kappa shape index (κ2) is 7.17. The highest BCUT2D eigenvalue weighted by atomic mass is 16.2. The average molecular weight is 259 g/mol. The van der Waals surface area contributed by atoms with E-state index in [2.05, 4.69) is 10.6 Å². The van der Waals surface area contributed by atoms with E-state index < -0.39 is 5.91 Å². The molecule has 0 aliphatic rings. The van der Waals surface area contributed by atoms with E-state index in [9.17, 15) is 9.59 Å². The fraction of sp³-hybridized carbons (Fsp3) is 0.357. The van der Waals surface area contributed by atoms with Gasteiger partial charge >= 0.3 is 0 Å². The summed E-state index contributed by atoms with van der Waals surface area (Å²) in [5.41, 5.74) is 0.817. The first-order valence-electron chi connectivity index (χ1n) is 6.15. The van der Waals surface area contributed by atoms with Crippen LogP contribution in [0.25, 0.3) is 0 Å². The fourth-order valence-corrected chi connectivity index (χ4v) is 1.46. The number of amides is 2. The van der Waals surface area contributed by atoms with Crippen molar-refractivity contribution in [1.29, 1.82) is 5.26 Å². The van der Waals surface area contributed by atoms with E-state index in [4.69, 9.17) is 5.26 Å². The summed E-state index contributed by atoms with van der Waals surface area (Å²) in [5.74, 6) is -0.659. The molecule has 0 saturated heterocycles. The molecule has 1 aromatic carbocycles. The quantitative estimate of drug-likeness (QED) is 0.849. The van der Waals surface area contributed by atoms with Crippen LogP contribution in [0.5, 0.6) is 0 Å². The first-order valence-corrected chi connectivity index (χ1v) is 6.15. The van der Waals surface area contributed by atoms with E-state index in [1.165, 1.54) is 0 Å². The number of rotatable bonds is 5. The molecule has 1 aromatic rings. The van der Waals surface area contributed by atoms with Gasteiger partial charge in [0.15, 0.2) is 0 Å². The largest absolute Gasteiger partial charge is 0.350 e. The molecule has 1 rings (SSSR count). The zero-order valence-electron chi connectivity index (χ0n) is 11.1. The predicted molar refractivity (Wildman–Crippen MR) is 72.5 cm³/mol. The normalized spacial score (nSPS) is 11.2. The maximum Gasteiger partial charge on any atom is 0.253 e.